The largest absolute Gasteiger partial charge is 0.382 e. The molecule has 2 N–H and O–H groups in total. The molecule has 1 heterocycles. The quantitative estimate of drug-likeness (QED) is 0.628. The Morgan fingerprint density at radius 3 is 2.94 bits per heavy atom. The van der Waals surface area contributed by atoms with Crippen molar-refractivity contribution in [1.82, 2.24) is 10.0 Å². The predicted molar refractivity (Wildman–Crippen MR) is 63.9 cm³/mol. The average Bonchev–Trinajstić information content (AvgIpc) is 2.30. The van der Waals surface area contributed by atoms with Crippen LogP contribution < -0.4 is 10.0 Å². The Morgan fingerprint density at radius 1 is 1.50 bits per heavy atom. The van der Waals surface area contributed by atoms with Crippen molar-refractivity contribution in [3.8, 4) is 0 Å². The Kier molecular flexibility index (Phi) is 6.26. The van der Waals surface area contributed by atoms with E-state index in [0.717, 1.165) is 25.8 Å². The molecule has 1 saturated heterocycles. The second-order valence-electron chi connectivity index (χ2n) is 3.96. The smallest absolute Gasteiger partial charge is 0.215 e. The molecule has 0 aliphatic carbocycles. The number of hydrogen-bond acceptors (Lipinski definition) is 4. The van der Waals surface area contributed by atoms with E-state index in [1.807, 2.05) is 6.92 Å². The summed E-state index contributed by atoms with van der Waals surface area (Å²) in [7, 11) is -3.14. The number of rotatable bonds is 7. The summed E-state index contributed by atoms with van der Waals surface area (Å²) in [5.41, 5.74) is 0. The zero-order valence-electron chi connectivity index (χ0n) is 9.87. The standard InChI is InChI=1S/C10H22N2O3S/c1-2-15-8-4-7-12-16(13,14)10-5-3-6-11-9-10/h10-12H,2-9H2,1H3. The van der Waals surface area contributed by atoms with E-state index in [-0.39, 0.29) is 5.25 Å². The lowest BCUT2D eigenvalue weighted by molar-refractivity contribution is 0.146. The fraction of sp³-hybridized carbons (Fsp3) is 1.00. The molecule has 0 saturated carbocycles. The van der Waals surface area contributed by atoms with Gasteiger partial charge in [-0.15, -0.1) is 0 Å². The highest BCUT2D eigenvalue weighted by molar-refractivity contribution is 7.90. The maximum absolute atomic E-state index is 11.8. The lowest BCUT2D eigenvalue weighted by atomic mass is 10.2. The molecule has 0 aromatic heterocycles. The molecule has 1 aliphatic rings. The van der Waals surface area contributed by atoms with Crippen LogP contribution in [0.15, 0.2) is 0 Å². The minimum absolute atomic E-state index is 0.270. The van der Waals surface area contributed by atoms with Crippen molar-refractivity contribution in [2.24, 2.45) is 0 Å². The molecule has 0 aromatic rings. The maximum atomic E-state index is 11.8. The molecular formula is C10H22N2O3S. The van der Waals surface area contributed by atoms with Crippen molar-refractivity contribution in [3.63, 3.8) is 0 Å². The van der Waals surface area contributed by atoms with Crippen LogP contribution in [0.4, 0.5) is 0 Å². The van der Waals surface area contributed by atoms with Gasteiger partial charge in [-0.05, 0) is 32.7 Å². The van der Waals surface area contributed by atoms with Crippen molar-refractivity contribution in [3.05, 3.63) is 0 Å². The normalized spacial score (nSPS) is 22.2. The van der Waals surface area contributed by atoms with Crippen LogP contribution >= 0.6 is 0 Å². The minimum atomic E-state index is -3.14. The average molecular weight is 250 g/mol. The molecule has 1 fully saturated rings. The van der Waals surface area contributed by atoms with E-state index < -0.39 is 10.0 Å². The molecule has 1 unspecified atom stereocenters. The molecule has 96 valence electrons. The van der Waals surface area contributed by atoms with E-state index in [1.165, 1.54) is 0 Å². The van der Waals surface area contributed by atoms with Crippen molar-refractivity contribution < 1.29 is 13.2 Å². The molecular weight excluding hydrogens is 228 g/mol. The van der Waals surface area contributed by atoms with E-state index in [0.29, 0.717) is 26.3 Å². The molecule has 5 nitrogen and oxygen atoms in total. The summed E-state index contributed by atoms with van der Waals surface area (Å²) in [4.78, 5) is 0. The number of hydrogen-bond donors (Lipinski definition) is 2. The van der Waals surface area contributed by atoms with Crippen molar-refractivity contribution in [1.29, 1.82) is 0 Å². The topological polar surface area (TPSA) is 67.4 Å². The zero-order chi connectivity index (χ0) is 11.9. The van der Waals surface area contributed by atoms with E-state index in [4.69, 9.17) is 4.74 Å². The monoisotopic (exact) mass is 250 g/mol. The van der Waals surface area contributed by atoms with Crippen LogP contribution in [0.3, 0.4) is 0 Å². The first-order chi connectivity index (χ1) is 7.67. The highest BCUT2D eigenvalue weighted by Gasteiger charge is 2.26. The predicted octanol–water partition coefficient (Wildman–Crippen LogP) is 0.0844. The summed E-state index contributed by atoms with van der Waals surface area (Å²) in [6, 6.07) is 0. The van der Waals surface area contributed by atoms with Crippen LogP contribution in [-0.4, -0.2) is 46.5 Å². The summed E-state index contributed by atoms with van der Waals surface area (Å²) >= 11 is 0. The molecule has 6 heteroatoms. The minimum Gasteiger partial charge on any atom is -0.382 e. The van der Waals surface area contributed by atoms with E-state index in [9.17, 15) is 8.42 Å². The Balaban J connectivity index is 2.22. The van der Waals surface area contributed by atoms with Gasteiger partial charge in [-0.3, -0.25) is 0 Å². The summed E-state index contributed by atoms with van der Waals surface area (Å²) in [6.07, 6.45) is 2.42. The van der Waals surface area contributed by atoms with Gasteiger partial charge in [0.05, 0.1) is 5.25 Å². The van der Waals surface area contributed by atoms with Crippen LogP contribution in [0.5, 0.6) is 0 Å². The van der Waals surface area contributed by atoms with E-state index >= 15 is 0 Å². The highest BCUT2D eigenvalue weighted by Crippen LogP contribution is 2.10. The highest BCUT2D eigenvalue weighted by atomic mass is 32.2. The Morgan fingerprint density at radius 2 is 2.31 bits per heavy atom. The SMILES string of the molecule is CCOCCCNS(=O)(=O)C1CCCNC1. The van der Waals surface area contributed by atoms with E-state index in [1.54, 1.807) is 0 Å². The molecule has 1 aliphatic heterocycles. The van der Waals surface area contributed by atoms with E-state index in [2.05, 4.69) is 10.0 Å². The molecule has 0 bridgehead atoms. The molecule has 0 radical (unpaired) electrons. The van der Waals surface area contributed by atoms with Crippen LogP contribution in [0, 0.1) is 0 Å². The Labute approximate surface area is 98.0 Å². The Bertz CT molecular complexity index is 274. The van der Waals surface area contributed by atoms with Crippen LogP contribution in [-0.2, 0) is 14.8 Å². The first-order valence-electron chi connectivity index (χ1n) is 5.93. The van der Waals surface area contributed by atoms with Gasteiger partial charge < -0.3 is 10.1 Å². The van der Waals surface area contributed by atoms with Gasteiger partial charge in [0.2, 0.25) is 10.0 Å². The van der Waals surface area contributed by atoms with Gasteiger partial charge in [-0.1, -0.05) is 0 Å². The van der Waals surface area contributed by atoms with Crippen molar-refractivity contribution in [2.45, 2.75) is 31.4 Å². The lowest BCUT2D eigenvalue weighted by Gasteiger charge is -2.22. The summed E-state index contributed by atoms with van der Waals surface area (Å²) in [6.45, 7) is 5.19. The molecule has 0 aromatic carbocycles. The van der Waals surface area contributed by atoms with Crippen LogP contribution in [0.1, 0.15) is 26.2 Å². The Hall–Kier alpha value is -0.170. The van der Waals surface area contributed by atoms with Gasteiger partial charge in [0, 0.05) is 26.3 Å². The first-order valence-corrected chi connectivity index (χ1v) is 7.48. The van der Waals surface area contributed by atoms with Gasteiger partial charge in [-0.25, -0.2) is 13.1 Å². The second kappa shape index (κ2) is 7.21. The van der Waals surface area contributed by atoms with Crippen LogP contribution in [0.2, 0.25) is 0 Å². The first kappa shape index (κ1) is 13.9. The summed E-state index contributed by atoms with van der Waals surface area (Å²) in [5.74, 6) is 0. The van der Waals surface area contributed by atoms with Gasteiger partial charge in [0.25, 0.3) is 0 Å². The van der Waals surface area contributed by atoms with Gasteiger partial charge >= 0.3 is 0 Å². The van der Waals surface area contributed by atoms with Gasteiger partial charge in [-0.2, -0.15) is 0 Å². The number of ether oxygens (including phenoxy) is 1. The van der Waals surface area contributed by atoms with Crippen molar-refractivity contribution >= 4 is 10.0 Å². The molecule has 1 rings (SSSR count). The second-order valence-corrected chi connectivity index (χ2v) is 6.00. The third kappa shape index (κ3) is 4.78. The lowest BCUT2D eigenvalue weighted by Crippen LogP contribution is -2.44. The van der Waals surface area contributed by atoms with Gasteiger partial charge in [0.15, 0.2) is 0 Å². The fourth-order valence-electron chi connectivity index (χ4n) is 1.74. The summed E-state index contributed by atoms with van der Waals surface area (Å²) < 4.78 is 31.4. The zero-order valence-corrected chi connectivity index (χ0v) is 10.7. The summed E-state index contributed by atoms with van der Waals surface area (Å²) in [5, 5.41) is 2.84. The maximum Gasteiger partial charge on any atom is 0.215 e. The number of sulfonamides is 1. The molecule has 0 amide bonds. The number of piperidine rings is 1. The third-order valence-electron chi connectivity index (χ3n) is 2.66. The number of nitrogens with one attached hydrogen (secondary N) is 2. The molecule has 1 atom stereocenters. The van der Waals surface area contributed by atoms with Crippen molar-refractivity contribution in [2.75, 3.05) is 32.8 Å². The molecule has 0 spiro atoms. The van der Waals surface area contributed by atoms with Gasteiger partial charge in [0.1, 0.15) is 0 Å². The van der Waals surface area contributed by atoms with Crippen LogP contribution in [0.25, 0.3) is 0 Å². The third-order valence-corrected chi connectivity index (χ3v) is 4.55. The fourth-order valence-corrected chi connectivity index (χ4v) is 3.21. The molecule has 16 heavy (non-hydrogen) atoms.